The third-order valence-electron chi connectivity index (χ3n) is 6.81. The van der Waals surface area contributed by atoms with Crippen molar-refractivity contribution >= 4 is 5.97 Å². The van der Waals surface area contributed by atoms with Crippen LogP contribution in [-0.2, 0) is 30.8 Å². The van der Waals surface area contributed by atoms with Crippen LogP contribution >= 0.6 is 0 Å². The molecule has 0 saturated heterocycles. The van der Waals surface area contributed by atoms with Crippen LogP contribution in [-0.4, -0.2) is 62.4 Å². The number of aliphatic hydroxyl groups excluding tert-OH is 2. The van der Waals surface area contributed by atoms with Gasteiger partial charge in [-0.3, -0.25) is 4.79 Å². The van der Waals surface area contributed by atoms with Crippen LogP contribution in [0.15, 0.2) is 35.9 Å². The molecule has 194 valence electrons. The molecule has 0 radical (unpaired) electrons. The van der Waals surface area contributed by atoms with Gasteiger partial charge in [-0.25, -0.2) is 0 Å². The first-order valence-electron chi connectivity index (χ1n) is 12.3. The number of hydrogen-bond donors (Lipinski definition) is 2. The lowest BCUT2D eigenvalue weighted by molar-refractivity contribution is -0.140. The Balaban J connectivity index is 2.81. The molecule has 0 spiro atoms. The molecule has 6 heteroatoms. The molecular formula is C28H46O6. The fourth-order valence-electron chi connectivity index (χ4n) is 4.11. The first-order valence-corrected chi connectivity index (χ1v) is 12.3. The van der Waals surface area contributed by atoms with Gasteiger partial charge in [-0.1, -0.05) is 51.1 Å². The Hall–Kier alpha value is -1.73. The van der Waals surface area contributed by atoms with E-state index in [-0.39, 0.29) is 18.0 Å². The standard InChI is InChI=1S/C28H46O6/c1-8-21(19-32-5)15-20(2)25(29)17-24(33-6)18-26(30)28(3,4)23-13-9-11-22(16-23)12-10-14-27(31)34-7/h9,11,13,15-16,21,24-26,29-30H,8,10,12,14,17-19H2,1-7H3/b20-15-/t21-,24-,25+,26+/m1/s1. The SMILES string of the molecule is CC[C@H](/C=C(/C)[C@@H](O)C[C@H](C[C@H](O)C(C)(C)c1cccc(CCCC(=O)OC)c1)OC)COC. The number of esters is 1. The molecule has 0 aliphatic heterocycles. The van der Waals surface area contributed by atoms with Crippen LogP contribution in [0.4, 0.5) is 0 Å². The minimum absolute atomic E-state index is 0.200. The molecule has 6 nitrogen and oxygen atoms in total. The molecular weight excluding hydrogens is 432 g/mol. The largest absolute Gasteiger partial charge is 0.469 e. The minimum atomic E-state index is -0.656. The van der Waals surface area contributed by atoms with Crippen molar-refractivity contribution in [2.24, 2.45) is 5.92 Å². The van der Waals surface area contributed by atoms with E-state index >= 15 is 0 Å². The summed E-state index contributed by atoms with van der Waals surface area (Å²) in [7, 11) is 4.71. The van der Waals surface area contributed by atoms with Crippen molar-refractivity contribution in [2.45, 2.75) is 89.9 Å². The number of rotatable bonds is 16. The van der Waals surface area contributed by atoms with Crippen LogP contribution in [0, 0.1) is 5.92 Å². The van der Waals surface area contributed by atoms with Crippen molar-refractivity contribution in [1.29, 1.82) is 0 Å². The predicted octanol–water partition coefficient (Wildman–Crippen LogP) is 4.60. The molecule has 34 heavy (non-hydrogen) atoms. The second-order valence-electron chi connectivity index (χ2n) is 9.75. The monoisotopic (exact) mass is 478 g/mol. The minimum Gasteiger partial charge on any atom is -0.469 e. The number of methoxy groups -OCH3 is 3. The van der Waals surface area contributed by atoms with E-state index in [4.69, 9.17) is 14.2 Å². The highest BCUT2D eigenvalue weighted by molar-refractivity contribution is 5.69. The van der Waals surface area contributed by atoms with E-state index in [1.807, 2.05) is 39.0 Å². The van der Waals surface area contributed by atoms with Crippen molar-refractivity contribution < 1.29 is 29.2 Å². The lowest BCUT2D eigenvalue weighted by atomic mass is 9.76. The predicted molar refractivity (Wildman–Crippen MR) is 136 cm³/mol. The quantitative estimate of drug-likeness (QED) is 0.267. The van der Waals surface area contributed by atoms with Crippen molar-refractivity contribution in [3.63, 3.8) is 0 Å². The highest BCUT2D eigenvalue weighted by atomic mass is 16.5. The molecule has 2 N–H and O–H groups in total. The topological polar surface area (TPSA) is 85.2 Å². The molecule has 0 bridgehead atoms. The Morgan fingerprint density at radius 3 is 2.44 bits per heavy atom. The molecule has 1 aromatic rings. The van der Waals surface area contributed by atoms with E-state index < -0.39 is 17.6 Å². The van der Waals surface area contributed by atoms with Gasteiger partial charge in [-0.15, -0.1) is 0 Å². The average molecular weight is 479 g/mol. The Bertz CT molecular complexity index is 757. The summed E-state index contributed by atoms with van der Waals surface area (Å²) in [5.41, 5.74) is 2.56. The Morgan fingerprint density at radius 1 is 1.15 bits per heavy atom. The Labute approximate surface area is 206 Å². The van der Waals surface area contributed by atoms with Crippen molar-refractivity contribution in [3.05, 3.63) is 47.0 Å². The fraction of sp³-hybridized carbons (Fsp3) is 0.679. The van der Waals surface area contributed by atoms with Crippen LogP contribution in [0.3, 0.4) is 0 Å². The molecule has 0 aliphatic carbocycles. The van der Waals surface area contributed by atoms with Gasteiger partial charge in [0.1, 0.15) is 0 Å². The Morgan fingerprint density at radius 2 is 1.85 bits per heavy atom. The number of carbonyl (C=O) groups is 1. The maximum absolute atomic E-state index is 11.4. The summed E-state index contributed by atoms with van der Waals surface area (Å²) >= 11 is 0. The van der Waals surface area contributed by atoms with Gasteiger partial charge in [-0.05, 0) is 42.9 Å². The molecule has 0 heterocycles. The van der Waals surface area contributed by atoms with Crippen LogP contribution in [0.25, 0.3) is 0 Å². The molecule has 0 aromatic heterocycles. The molecule has 0 saturated carbocycles. The van der Waals surface area contributed by atoms with E-state index in [1.54, 1.807) is 14.2 Å². The zero-order valence-electron chi connectivity index (χ0n) is 22.2. The third-order valence-corrected chi connectivity index (χ3v) is 6.81. The highest BCUT2D eigenvalue weighted by Crippen LogP contribution is 2.32. The highest BCUT2D eigenvalue weighted by Gasteiger charge is 2.32. The van der Waals surface area contributed by atoms with E-state index in [2.05, 4.69) is 19.1 Å². The fourth-order valence-corrected chi connectivity index (χ4v) is 4.11. The van der Waals surface area contributed by atoms with Gasteiger partial charge in [0.2, 0.25) is 0 Å². The number of aliphatic hydroxyl groups is 2. The zero-order chi connectivity index (χ0) is 25.7. The van der Waals surface area contributed by atoms with Gasteiger partial charge < -0.3 is 24.4 Å². The van der Waals surface area contributed by atoms with Crippen LogP contribution in [0.1, 0.15) is 70.9 Å². The summed E-state index contributed by atoms with van der Waals surface area (Å²) in [6.45, 7) is 8.71. The zero-order valence-corrected chi connectivity index (χ0v) is 22.2. The second-order valence-corrected chi connectivity index (χ2v) is 9.75. The number of carbonyl (C=O) groups excluding carboxylic acids is 1. The maximum Gasteiger partial charge on any atom is 0.305 e. The van der Waals surface area contributed by atoms with Crippen LogP contribution in [0.2, 0.25) is 0 Å². The third kappa shape index (κ3) is 9.87. The summed E-state index contributed by atoms with van der Waals surface area (Å²) in [5, 5.41) is 21.9. The van der Waals surface area contributed by atoms with Gasteiger partial charge in [0, 0.05) is 44.8 Å². The molecule has 0 fully saturated rings. The molecule has 1 rings (SSSR count). The maximum atomic E-state index is 11.4. The van der Waals surface area contributed by atoms with Gasteiger partial charge >= 0.3 is 5.97 Å². The molecule has 1 aromatic carbocycles. The number of benzene rings is 1. The van der Waals surface area contributed by atoms with Gasteiger partial charge in [0.05, 0.1) is 32.0 Å². The summed E-state index contributed by atoms with van der Waals surface area (Å²) in [6, 6.07) is 8.16. The Kier molecular flexibility index (Phi) is 13.6. The molecule has 0 aliphatic rings. The lowest BCUT2D eigenvalue weighted by Gasteiger charge is -2.34. The van der Waals surface area contributed by atoms with Crippen LogP contribution < -0.4 is 0 Å². The van der Waals surface area contributed by atoms with Crippen molar-refractivity contribution in [1.82, 2.24) is 0 Å². The lowest BCUT2D eigenvalue weighted by Crippen LogP contribution is -2.38. The van der Waals surface area contributed by atoms with E-state index in [0.717, 1.165) is 36.0 Å². The molecule has 0 unspecified atom stereocenters. The van der Waals surface area contributed by atoms with Crippen molar-refractivity contribution in [3.8, 4) is 0 Å². The molecule has 0 amide bonds. The summed E-state index contributed by atoms with van der Waals surface area (Å²) in [4.78, 5) is 11.4. The van der Waals surface area contributed by atoms with Gasteiger partial charge in [-0.2, -0.15) is 0 Å². The second kappa shape index (κ2) is 15.3. The average Bonchev–Trinajstić information content (AvgIpc) is 2.82. The first-order chi connectivity index (χ1) is 16.1. The number of hydrogen-bond acceptors (Lipinski definition) is 6. The van der Waals surface area contributed by atoms with Crippen LogP contribution in [0.5, 0.6) is 0 Å². The summed E-state index contributed by atoms with van der Waals surface area (Å²) < 4.78 is 15.6. The summed E-state index contributed by atoms with van der Waals surface area (Å²) in [5.74, 6) is 0.0683. The molecule has 4 atom stereocenters. The smallest absolute Gasteiger partial charge is 0.305 e. The van der Waals surface area contributed by atoms with Crippen molar-refractivity contribution in [2.75, 3.05) is 27.9 Å². The van der Waals surface area contributed by atoms with Gasteiger partial charge in [0.25, 0.3) is 0 Å². The van der Waals surface area contributed by atoms with Gasteiger partial charge in [0.15, 0.2) is 0 Å². The first kappa shape index (κ1) is 30.3. The van der Waals surface area contributed by atoms with E-state index in [9.17, 15) is 15.0 Å². The van der Waals surface area contributed by atoms with E-state index in [0.29, 0.717) is 25.9 Å². The van der Waals surface area contributed by atoms with E-state index in [1.165, 1.54) is 7.11 Å². The normalized spacial score (nSPS) is 16.1. The summed E-state index contributed by atoms with van der Waals surface area (Å²) in [6.07, 6.45) is 4.17. The number of ether oxygens (including phenoxy) is 3. The number of aryl methyl sites for hydroxylation is 1.